The molecule has 0 radical (unpaired) electrons. The van der Waals surface area contributed by atoms with Gasteiger partial charge in [-0.2, -0.15) is 9.97 Å². The van der Waals surface area contributed by atoms with Crippen LogP contribution in [0.1, 0.15) is 12.8 Å². The van der Waals surface area contributed by atoms with Crippen molar-refractivity contribution in [1.29, 1.82) is 0 Å². The summed E-state index contributed by atoms with van der Waals surface area (Å²) in [7, 11) is 1.52. The lowest BCUT2D eigenvalue weighted by Crippen LogP contribution is -2.42. The molecule has 7 nitrogen and oxygen atoms in total. The fourth-order valence-corrected chi connectivity index (χ4v) is 1.69. The summed E-state index contributed by atoms with van der Waals surface area (Å²) >= 11 is 0. The molecule has 7 heteroatoms. The van der Waals surface area contributed by atoms with Gasteiger partial charge < -0.3 is 21.1 Å². The standard InChI is InChI=1S/C10H15N5O2/c1-17-9-4-7(14-10(11)15-9)13-6-2-3-8(16)12-5-6/h4,6H,2-3,5H2,1H3,(H,12,16)(H3,11,13,14,15). The first kappa shape index (κ1) is 11.4. The summed E-state index contributed by atoms with van der Waals surface area (Å²) in [5.74, 6) is 1.27. The zero-order valence-electron chi connectivity index (χ0n) is 9.56. The third kappa shape index (κ3) is 2.96. The highest BCUT2D eigenvalue weighted by atomic mass is 16.5. The Labute approximate surface area is 98.8 Å². The maximum Gasteiger partial charge on any atom is 0.225 e. The number of nitrogens with zero attached hydrogens (tertiary/aromatic N) is 2. The molecule has 1 aliphatic rings. The number of nitrogens with one attached hydrogen (secondary N) is 2. The molecule has 1 atom stereocenters. The zero-order chi connectivity index (χ0) is 12.3. The minimum Gasteiger partial charge on any atom is -0.481 e. The van der Waals surface area contributed by atoms with Crippen LogP contribution in [-0.4, -0.2) is 35.6 Å². The van der Waals surface area contributed by atoms with Crippen LogP contribution in [0.3, 0.4) is 0 Å². The van der Waals surface area contributed by atoms with Crippen LogP contribution >= 0.6 is 0 Å². The Morgan fingerprint density at radius 1 is 1.59 bits per heavy atom. The number of piperidine rings is 1. The molecule has 0 saturated carbocycles. The maximum absolute atomic E-state index is 11.0. The van der Waals surface area contributed by atoms with Crippen molar-refractivity contribution in [3.05, 3.63) is 6.07 Å². The molecule has 1 aromatic rings. The van der Waals surface area contributed by atoms with Crippen LogP contribution in [0.5, 0.6) is 5.88 Å². The minimum atomic E-state index is 0.0860. The zero-order valence-corrected chi connectivity index (χ0v) is 9.56. The number of methoxy groups -OCH3 is 1. The van der Waals surface area contributed by atoms with Crippen LogP contribution in [0.2, 0.25) is 0 Å². The average Bonchev–Trinajstić information content (AvgIpc) is 2.31. The van der Waals surface area contributed by atoms with Gasteiger partial charge in [-0.05, 0) is 6.42 Å². The second-order valence-corrected chi connectivity index (χ2v) is 3.84. The molecular weight excluding hydrogens is 222 g/mol. The van der Waals surface area contributed by atoms with E-state index < -0.39 is 0 Å². The number of nitrogen functional groups attached to an aromatic ring is 1. The summed E-state index contributed by atoms with van der Waals surface area (Å²) in [4.78, 5) is 19.0. The van der Waals surface area contributed by atoms with Crippen LogP contribution in [0.15, 0.2) is 6.07 Å². The van der Waals surface area contributed by atoms with E-state index in [9.17, 15) is 4.79 Å². The molecule has 92 valence electrons. The molecule has 2 rings (SSSR count). The van der Waals surface area contributed by atoms with Gasteiger partial charge in [-0.1, -0.05) is 0 Å². The van der Waals surface area contributed by atoms with Gasteiger partial charge in [-0.3, -0.25) is 4.79 Å². The number of nitrogens with two attached hydrogens (primary N) is 1. The van der Waals surface area contributed by atoms with Crippen molar-refractivity contribution in [1.82, 2.24) is 15.3 Å². The van der Waals surface area contributed by atoms with Gasteiger partial charge in [0.1, 0.15) is 5.82 Å². The summed E-state index contributed by atoms with van der Waals surface area (Å²) in [6, 6.07) is 1.83. The Morgan fingerprint density at radius 3 is 3.06 bits per heavy atom. The minimum absolute atomic E-state index is 0.0860. The number of hydrogen-bond donors (Lipinski definition) is 3. The van der Waals surface area contributed by atoms with Crippen molar-refractivity contribution in [3.8, 4) is 5.88 Å². The molecule has 17 heavy (non-hydrogen) atoms. The van der Waals surface area contributed by atoms with E-state index in [1.807, 2.05) is 0 Å². The number of ether oxygens (including phenoxy) is 1. The van der Waals surface area contributed by atoms with E-state index in [4.69, 9.17) is 10.5 Å². The highest BCUT2D eigenvalue weighted by Crippen LogP contribution is 2.16. The lowest BCUT2D eigenvalue weighted by Gasteiger charge is -2.23. The smallest absolute Gasteiger partial charge is 0.225 e. The predicted molar refractivity (Wildman–Crippen MR) is 62.7 cm³/mol. The van der Waals surface area contributed by atoms with E-state index in [1.165, 1.54) is 7.11 Å². The van der Waals surface area contributed by atoms with Crippen LogP contribution in [0, 0.1) is 0 Å². The van der Waals surface area contributed by atoms with E-state index in [1.54, 1.807) is 6.07 Å². The largest absolute Gasteiger partial charge is 0.481 e. The molecule has 4 N–H and O–H groups in total. The molecule has 1 aliphatic heterocycles. The van der Waals surface area contributed by atoms with Gasteiger partial charge in [0.15, 0.2) is 0 Å². The molecular formula is C10H15N5O2. The number of amides is 1. The fourth-order valence-electron chi connectivity index (χ4n) is 1.69. The normalized spacial score (nSPS) is 19.6. The van der Waals surface area contributed by atoms with Gasteiger partial charge in [0.05, 0.1) is 7.11 Å². The van der Waals surface area contributed by atoms with Crippen LogP contribution in [-0.2, 0) is 4.79 Å². The van der Waals surface area contributed by atoms with Gasteiger partial charge in [-0.15, -0.1) is 0 Å². The van der Waals surface area contributed by atoms with E-state index in [0.29, 0.717) is 24.7 Å². The van der Waals surface area contributed by atoms with E-state index in [0.717, 1.165) is 6.42 Å². The molecule has 1 amide bonds. The SMILES string of the molecule is COc1cc(NC2CCC(=O)NC2)nc(N)n1. The molecule has 0 spiro atoms. The Hall–Kier alpha value is -2.05. The first-order chi connectivity index (χ1) is 8.17. The third-order valence-corrected chi connectivity index (χ3v) is 2.55. The van der Waals surface area contributed by atoms with Crippen molar-refractivity contribution >= 4 is 17.7 Å². The number of carbonyl (C=O) groups excluding carboxylic acids is 1. The Bertz CT molecular complexity index is 413. The second kappa shape index (κ2) is 4.86. The number of anilines is 2. The Balaban J connectivity index is 2.02. The molecule has 2 heterocycles. The van der Waals surface area contributed by atoms with E-state index >= 15 is 0 Å². The first-order valence-electron chi connectivity index (χ1n) is 5.39. The summed E-state index contributed by atoms with van der Waals surface area (Å²) in [6.07, 6.45) is 1.30. The molecule has 0 bridgehead atoms. The van der Waals surface area contributed by atoms with Gasteiger partial charge in [0.2, 0.25) is 17.7 Å². The second-order valence-electron chi connectivity index (χ2n) is 3.84. The first-order valence-corrected chi connectivity index (χ1v) is 5.39. The summed E-state index contributed by atoms with van der Waals surface area (Å²) in [5.41, 5.74) is 5.55. The molecule has 1 unspecified atom stereocenters. The number of hydrogen-bond acceptors (Lipinski definition) is 6. The number of aromatic nitrogens is 2. The Kier molecular flexibility index (Phi) is 3.27. The molecule has 0 aliphatic carbocycles. The molecule has 1 fully saturated rings. The molecule has 1 aromatic heterocycles. The predicted octanol–water partition coefficient (Wildman–Crippen LogP) is -0.242. The molecule has 0 aromatic carbocycles. The monoisotopic (exact) mass is 237 g/mol. The number of carbonyl (C=O) groups is 1. The quantitative estimate of drug-likeness (QED) is 0.670. The van der Waals surface area contributed by atoms with Crippen LogP contribution in [0.4, 0.5) is 11.8 Å². The van der Waals surface area contributed by atoms with Crippen LogP contribution < -0.4 is 21.1 Å². The lowest BCUT2D eigenvalue weighted by atomic mass is 10.1. The van der Waals surface area contributed by atoms with E-state index in [-0.39, 0.29) is 17.9 Å². The van der Waals surface area contributed by atoms with Gasteiger partial charge in [-0.25, -0.2) is 0 Å². The summed E-state index contributed by atoms with van der Waals surface area (Å²) < 4.78 is 5.00. The average molecular weight is 237 g/mol. The maximum atomic E-state index is 11.0. The van der Waals surface area contributed by atoms with Crippen molar-refractivity contribution < 1.29 is 9.53 Å². The van der Waals surface area contributed by atoms with Crippen molar-refractivity contribution in [3.63, 3.8) is 0 Å². The third-order valence-electron chi connectivity index (χ3n) is 2.55. The summed E-state index contributed by atoms with van der Waals surface area (Å²) in [5, 5.41) is 5.98. The van der Waals surface area contributed by atoms with Gasteiger partial charge >= 0.3 is 0 Å². The van der Waals surface area contributed by atoms with Gasteiger partial charge in [0.25, 0.3) is 0 Å². The topological polar surface area (TPSA) is 102 Å². The Morgan fingerprint density at radius 2 is 2.41 bits per heavy atom. The fraction of sp³-hybridized carbons (Fsp3) is 0.500. The van der Waals surface area contributed by atoms with Gasteiger partial charge in [0, 0.05) is 25.1 Å². The highest BCUT2D eigenvalue weighted by molar-refractivity contribution is 5.77. The van der Waals surface area contributed by atoms with Crippen molar-refractivity contribution in [2.75, 3.05) is 24.7 Å². The van der Waals surface area contributed by atoms with Crippen molar-refractivity contribution in [2.24, 2.45) is 0 Å². The number of rotatable bonds is 3. The highest BCUT2D eigenvalue weighted by Gasteiger charge is 2.18. The van der Waals surface area contributed by atoms with Crippen LogP contribution in [0.25, 0.3) is 0 Å². The van der Waals surface area contributed by atoms with E-state index in [2.05, 4.69) is 20.6 Å². The summed E-state index contributed by atoms with van der Waals surface area (Å²) in [6.45, 7) is 0.588. The molecule has 1 saturated heterocycles. The van der Waals surface area contributed by atoms with Crippen molar-refractivity contribution in [2.45, 2.75) is 18.9 Å². The lowest BCUT2D eigenvalue weighted by molar-refractivity contribution is -0.122.